The molecule has 0 spiro atoms. The minimum absolute atomic E-state index is 0.221. The predicted molar refractivity (Wildman–Crippen MR) is 143 cm³/mol. The summed E-state index contributed by atoms with van der Waals surface area (Å²) in [5.41, 5.74) is 7.65. The molecule has 0 fully saturated rings. The van der Waals surface area contributed by atoms with Crippen molar-refractivity contribution in [1.82, 2.24) is 10.4 Å². The second-order valence-electron chi connectivity index (χ2n) is 9.12. The molecule has 7 nitrogen and oxygen atoms in total. The average molecular weight is 493 g/mol. The molecular formula is C30H28N4O3. The zero-order valence-electron chi connectivity index (χ0n) is 20.8. The molecule has 2 amide bonds. The third-order valence-corrected chi connectivity index (χ3v) is 6.60. The Kier molecular flexibility index (Phi) is 6.94. The van der Waals surface area contributed by atoms with Gasteiger partial charge in [0, 0.05) is 23.7 Å². The van der Waals surface area contributed by atoms with Gasteiger partial charge in [-0.1, -0.05) is 66.7 Å². The van der Waals surface area contributed by atoms with E-state index in [4.69, 9.17) is 4.42 Å². The monoisotopic (exact) mass is 492 g/mol. The molecule has 0 radical (unpaired) electrons. The van der Waals surface area contributed by atoms with Gasteiger partial charge in [-0.05, 0) is 49.4 Å². The predicted octanol–water partition coefficient (Wildman–Crippen LogP) is 5.53. The first-order chi connectivity index (χ1) is 18.0. The van der Waals surface area contributed by atoms with Gasteiger partial charge in [-0.15, -0.1) is 0 Å². The molecule has 2 aromatic carbocycles. The molecule has 37 heavy (non-hydrogen) atoms. The Morgan fingerprint density at radius 3 is 2.24 bits per heavy atom. The van der Waals surface area contributed by atoms with Gasteiger partial charge in [0.25, 0.3) is 11.8 Å². The first-order valence-electron chi connectivity index (χ1n) is 12.3. The van der Waals surface area contributed by atoms with Crippen molar-refractivity contribution in [2.75, 3.05) is 5.32 Å². The molecule has 2 aromatic heterocycles. The van der Waals surface area contributed by atoms with E-state index in [0.29, 0.717) is 35.7 Å². The van der Waals surface area contributed by atoms with Crippen LogP contribution in [0.25, 0.3) is 0 Å². The third-order valence-electron chi connectivity index (χ3n) is 6.60. The van der Waals surface area contributed by atoms with Crippen molar-refractivity contribution < 1.29 is 14.0 Å². The van der Waals surface area contributed by atoms with Gasteiger partial charge in [0.2, 0.25) is 0 Å². The molecular weight excluding hydrogens is 464 g/mol. The SMILES string of the molecule is Cc1cccnc1NC(=O)c1oc2c(c1C)/C(=N/NC(=O)C(c1ccccc1)c1ccccc1)CCC2. The van der Waals surface area contributed by atoms with Crippen molar-refractivity contribution >= 4 is 23.3 Å². The number of hydrogen-bond donors (Lipinski definition) is 2. The highest BCUT2D eigenvalue weighted by Gasteiger charge is 2.29. The zero-order valence-corrected chi connectivity index (χ0v) is 20.8. The number of nitrogens with one attached hydrogen (secondary N) is 2. The summed E-state index contributed by atoms with van der Waals surface area (Å²) in [7, 11) is 0. The van der Waals surface area contributed by atoms with E-state index < -0.39 is 5.92 Å². The summed E-state index contributed by atoms with van der Waals surface area (Å²) in [6.07, 6.45) is 3.83. The summed E-state index contributed by atoms with van der Waals surface area (Å²) in [6, 6.07) is 23.0. The van der Waals surface area contributed by atoms with Crippen molar-refractivity contribution in [2.45, 2.75) is 39.0 Å². The lowest BCUT2D eigenvalue weighted by Gasteiger charge is -2.18. The fraction of sp³-hybridized carbons (Fsp3) is 0.200. The van der Waals surface area contributed by atoms with E-state index in [1.807, 2.05) is 86.6 Å². The Morgan fingerprint density at radius 2 is 1.59 bits per heavy atom. The number of carbonyl (C=O) groups excluding carboxylic acids is 2. The van der Waals surface area contributed by atoms with Gasteiger partial charge in [-0.3, -0.25) is 9.59 Å². The van der Waals surface area contributed by atoms with E-state index in [1.165, 1.54) is 0 Å². The van der Waals surface area contributed by atoms with Gasteiger partial charge in [0.15, 0.2) is 5.76 Å². The maximum atomic E-state index is 13.4. The molecule has 0 aliphatic heterocycles. The molecule has 0 bridgehead atoms. The maximum absolute atomic E-state index is 13.4. The highest BCUT2D eigenvalue weighted by Crippen LogP contribution is 2.31. The van der Waals surface area contributed by atoms with Crippen LogP contribution in [0.4, 0.5) is 5.82 Å². The summed E-state index contributed by atoms with van der Waals surface area (Å²) in [5, 5.41) is 7.38. The molecule has 7 heteroatoms. The van der Waals surface area contributed by atoms with Gasteiger partial charge in [0.05, 0.1) is 11.6 Å². The largest absolute Gasteiger partial charge is 0.455 e. The molecule has 1 aliphatic rings. The van der Waals surface area contributed by atoms with Gasteiger partial charge < -0.3 is 9.73 Å². The van der Waals surface area contributed by atoms with E-state index in [2.05, 4.69) is 20.8 Å². The maximum Gasteiger partial charge on any atom is 0.292 e. The molecule has 2 N–H and O–H groups in total. The molecule has 2 heterocycles. The molecule has 0 saturated heterocycles. The number of amides is 2. The second kappa shape index (κ2) is 10.6. The van der Waals surface area contributed by atoms with Crippen molar-refractivity contribution in [3.63, 3.8) is 0 Å². The van der Waals surface area contributed by atoms with E-state index in [1.54, 1.807) is 6.20 Å². The standard InChI is InChI=1S/C30H28N4O3/c1-19-11-10-18-31-28(19)32-30(36)27-20(2)25-23(16-9-17-24(25)37-27)33-34-29(35)26(21-12-5-3-6-13-21)22-14-7-4-8-15-22/h3-8,10-15,18,26H,9,16-17H2,1-2H3,(H,34,35)(H,31,32,36)/b33-23+. The van der Waals surface area contributed by atoms with Crippen LogP contribution in [0.2, 0.25) is 0 Å². The summed E-state index contributed by atoms with van der Waals surface area (Å²) in [5.74, 6) is 0.371. The van der Waals surface area contributed by atoms with Crippen LogP contribution in [0.15, 0.2) is 88.5 Å². The molecule has 0 atom stereocenters. The van der Waals surface area contributed by atoms with Crippen molar-refractivity contribution in [2.24, 2.45) is 5.10 Å². The van der Waals surface area contributed by atoms with Crippen molar-refractivity contribution in [1.29, 1.82) is 0 Å². The number of benzene rings is 2. The lowest BCUT2D eigenvalue weighted by atomic mass is 9.90. The number of carbonyl (C=O) groups is 2. The number of hydrazone groups is 1. The van der Waals surface area contributed by atoms with Crippen LogP contribution in [0.5, 0.6) is 0 Å². The van der Waals surface area contributed by atoms with Gasteiger partial charge >= 0.3 is 0 Å². The minimum Gasteiger partial charge on any atom is -0.455 e. The average Bonchev–Trinajstić information content (AvgIpc) is 3.27. The first kappa shape index (κ1) is 24.2. The third kappa shape index (κ3) is 5.07. The van der Waals surface area contributed by atoms with E-state index >= 15 is 0 Å². The fourth-order valence-electron chi connectivity index (χ4n) is 4.75. The Hall–Kier alpha value is -4.52. The summed E-state index contributed by atoms with van der Waals surface area (Å²) in [6.45, 7) is 3.73. The first-order valence-corrected chi connectivity index (χ1v) is 12.3. The van der Waals surface area contributed by atoms with Crippen LogP contribution >= 0.6 is 0 Å². The van der Waals surface area contributed by atoms with Crippen LogP contribution in [-0.2, 0) is 11.2 Å². The second-order valence-corrected chi connectivity index (χ2v) is 9.12. The van der Waals surface area contributed by atoms with Gasteiger partial charge in [0.1, 0.15) is 11.6 Å². The number of aryl methyl sites for hydroxylation is 2. The molecule has 0 saturated carbocycles. The number of aromatic nitrogens is 1. The van der Waals surface area contributed by atoms with E-state index in [0.717, 1.165) is 28.7 Å². The minimum atomic E-state index is -0.497. The number of nitrogens with zero attached hydrogens (tertiary/aromatic N) is 2. The Labute approximate surface area is 215 Å². The number of rotatable bonds is 6. The molecule has 186 valence electrons. The molecule has 4 aromatic rings. The smallest absolute Gasteiger partial charge is 0.292 e. The lowest BCUT2D eigenvalue weighted by molar-refractivity contribution is -0.121. The number of furan rings is 1. The van der Waals surface area contributed by atoms with Gasteiger partial charge in [-0.2, -0.15) is 5.10 Å². The number of fused-ring (bicyclic) bond motifs is 1. The van der Waals surface area contributed by atoms with E-state index in [9.17, 15) is 9.59 Å². The Bertz CT molecular complexity index is 1420. The fourth-order valence-corrected chi connectivity index (χ4v) is 4.75. The summed E-state index contributed by atoms with van der Waals surface area (Å²) < 4.78 is 6.00. The number of anilines is 1. The van der Waals surface area contributed by atoms with Crippen LogP contribution < -0.4 is 10.7 Å². The summed E-state index contributed by atoms with van der Waals surface area (Å²) in [4.78, 5) is 30.7. The molecule has 5 rings (SSSR count). The molecule has 1 aliphatic carbocycles. The van der Waals surface area contributed by atoms with Gasteiger partial charge in [-0.25, -0.2) is 10.4 Å². The molecule has 0 unspecified atom stereocenters. The van der Waals surface area contributed by atoms with Crippen LogP contribution in [-0.4, -0.2) is 22.5 Å². The highest BCUT2D eigenvalue weighted by atomic mass is 16.4. The van der Waals surface area contributed by atoms with Crippen molar-refractivity contribution in [3.05, 3.63) is 118 Å². The topological polar surface area (TPSA) is 96.6 Å². The summed E-state index contributed by atoms with van der Waals surface area (Å²) >= 11 is 0. The van der Waals surface area contributed by atoms with Crippen LogP contribution in [0, 0.1) is 13.8 Å². The van der Waals surface area contributed by atoms with Crippen molar-refractivity contribution in [3.8, 4) is 0 Å². The number of pyridine rings is 1. The van der Waals surface area contributed by atoms with E-state index in [-0.39, 0.29) is 17.6 Å². The Balaban J connectivity index is 1.41. The van der Waals surface area contributed by atoms with Crippen LogP contribution in [0.1, 0.15) is 62.9 Å². The quantitative estimate of drug-likeness (QED) is 0.346. The van der Waals surface area contributed by atoms with Crippen LogP contribution in [0.3, 0.4) is 0 Å². The number of hydrogen-bond acceptors (Lipinski definition) is 5. The zero-order chi connectivity index (χ0) is 25.8. The highest BCUT2D eigenvalue weighted by molar-refractivity contribution is 6.09. The lowest BCUT2D eigenvalue weighted by Crippen LogP contribution is -2.28. The Morgan fingerprint density at radius 1 is 0.919 bits per heavy atom. The normalized spacial score (nSPS) is 13.9.